The molecule has 3 nitrogen and oxygen atoms in total. The smallest absolute Gasteiger partial charge is 0.391 e. The van der Waals surface area contributed by atoms with E-state index in [1.54, 1.807) is 0 Å². The summed E-state index contributed by atoms with van der Waals surface area (Å²) in [5.74, 6) is -1.93. The molecule has 2 aliphatic rings. The summed E-state index contributed by atoms with van der Waals surface area (Å²) >= 11 is 0. The van der Waals surface area contributed by atoms with Crippen molar-refractivity contribution in [3.63, 3.8) is 0 Å². The van der Waals surface area contributed by atoms with Gasteiger partial charge in [0, 0.05) is 6.04 Å². The zero-order chi connectivity index (χ0) is 15.6. The fourth-order valence-electron chi connectivity index (χ4n) is 3.85. The normalized spacial score (nSPS) is 33.0. The average Bonchev–Trinajstić information content (AvgIpc) is 2.45. The summed E-state index contributed by atoms with van der Waals surface area (Å²) < 4.78 is 38.2. The number of nitrogens with zero attached hydrogens (tertiary/aromatic N) is 1. The van der Waals surface area contributed by atoms with Gasteiger partial charge in [-0.25, -0.2) is 0 Å². The van der Waals surface area contributed by atoms with Gasteiger partial charge >= 0.3 is 12.1 Å². The van der Waals surface area contributed by atoms with Crippen LogP contribution in [-0.2, 0) is 4.79 Å². The molecule has 1 aliphatic heterocycles. The zero-order valence-corrected chi connectivity index (χ0v) is 12.4. The third kappa shape index (κ3) is 3.90. The van der Waals surface area contributed by atoms with Crippen LogP contribution < -0.4 is 0 Å². The Hall–Kier alpha value is -0.780. The highest BCUT2D eigenvalue weighted by Crippen LogP contribution is 2.39. The summed E-state index contributed by atoms with van der Waals surface area (Å²) in [5.41, 5.74) is 0. The number of aliphatic carboxylic acids is 1. The Morgan fingerprint density at radius 3 is 2.29 bits per heavy atom. The molecule has 3 atom stereocenters. The summed E-state index contributed by atoms with van der Waals surface area (Å²) in [7, 11) is 0. The van der Waals surface area contributed by atoms with E-state index in [0.29, 0.717) is 25.4 Å². The molecule has 1 saturated carbocycles. The Bertz CT molecular complexity index is 364. The van der Waals surface area contributed by atoms with E-state index >= 15 is 0 Å². The van der Waals surface area contributed by atoms with Gasteiger partial charge in [-0.15, -0.1) is 0 Å². The first-order valence-corrected chi connectivity index (χ1v) is 7.86. The van der Waals surface area contributed by atoms with Gasteiger partial charge in [-0.2, -0.15) is 13.2 Å². The summed E-state index contributed by atoms with van der Waals surface area (Å²) in [6.07, 6.45) is -0.518. The second kappa shape index (κ2) is 6.55. The monoisotopic (exact) mass is 307 g/mol. The number of halogens is 3. The third-order valence-electron chi connectivity index (χ3n) is 5.28. The van der Waals surface area contributed by atoms with Crippen molar-refractivity contribution in [2.45, 2.75) is 57.7 Å². The van der Waals surface area contributed by atoms with E-state index in [4.69, 9.17) is 0 Å². The van der Waals surface area contributed by atoms with E-state index in [1.807, 2.05) is 4.90 Å². The summed E-state index contributed by atoms with van der Waals surface area (Å²) in [4.78, 5) is 13.4. The molecule has 21 heavy (non-hydrogen) atoms. The molecule has 3 unspecified atom stereocenters. The molecule has 1 saturated heterocycles. The third-order valence-corrected chi connectivity index (χ3v) is 5.28. The predicted molar refractivity (Wildman–Crippen MR) is 72.9 cm³/mol. The number of alkyl halides is 3. The van der Waals surface area contributed by atoms with Crippen LogP contribution in [0.25, 0.3) is 0 Å². The maximum atomic E-state index is 12.7. The number of carboxylic acids is 1. The zero-order valence-electron chi connectivity index (χ0n) is 12.4. The lowest BCUT2D eigenvalue weighted by atomic mass is 9.76. The first kappa shape index (κ1) is 16.6. The molecule has 122 valence electrons. The molecule has 6 heteroatoms. The molecule has 1 N–H and O–H groups in total. The maximum Gasteiger partial charge on any atom is 0.391 e. The van der Waals surface area contributed by atoms with Gasteiger partial charge in [0.2, 0.25) is 0 Å². The van der Waals surface area contributed by atoms with Gasteiger partial charge in [0.1, 0.15) is 0 Å². The minimum absolute atomic E-state index is 0.0876. The van der Waals surface area contributed by atoms with Gasteiger partial charge in [-0.3, -0.25) is 9.69 Å². The SMILES string of the molecule is CCC1CCC(C(=O)O)C(N2CCC(C(F)(F)F)CC2)C1. The standard InChI is InChI=1S/C15H24F3NO2/c1-2-10-3-4-12(14(20)21)13(9-10)19-7-5-11(6-8-19)15(16,17)18/h10-13H,2-9H2,1H3,(H,20,21). The first-order valence-electron chi connectivity index (χ1n) is 7.86. The highest BCUT2D eigenvalue weighted by molar-refractivity contribution is 5.71. The number of hydrogen-bond acceptors (Lipinski definition) is 2. The van der Waals surface area contributed by atoms with Crippen molar-refractivity contribution >= 4 is 5.97 Å². The van der Waals surface area contributed by atoms with Crippen molar-refractivity contribution in [3.8, 4) is 0 Å². The van der Waals surface area contributed by atoms with E-state index in [-0.39, 0.29) is 18.9 Å². The van der Waals surface area contributed by atoms with E-state index < -0.39 is 24.0 Å². The number of likely N-dealkylation sites (tertiary alicyclic amines) is 1. The molecule has 0 amide bonds. The largest absolute Gasteiger partial charge is 0.481 e. The molecule has 0 radical (unpaired) electrons. The number of carbonyl (C=O) groups is 1. The van der Waals surface area contributed by atoms with Crippen molar-refractivity contribution in [3.05, 3.63) is 0 Å². The molecular formula is C15H24F3NO2. The van der Waals surface area contributed by atoms with Crippen LogP contribution in [0.2, 0.25) is 0 Å². The number of hydrogen-bond donors (Lipinski definition) is 1. The molecule has 0 aromatic heterocycles. The van der Waals surface area contributed by atoms with Gasteiger partial charge in [0.25, 0.3) is 0 Å². The van der Waals surface area contributed by atoms with Crippen molar-refractivity contribution < 1.29 is 23.1 Å². The minimum atomic E-state index is -4.11. The fourth-order valence-corrected chi connectivity index (χ4v) is 3.85. The number of carboxylic acid groups (broad SMARTS) is 1. The van der Waals surface area contributed by atoms with Crippen molar-refractivity contribution in [2.24, 2.45) is 17.8 Å². The van der Waals surface area contributed by atoms with Crippen LogP contribution in [0.4, 0.5) is 13.2 Å². The second-order valence-corrected chi connectivity index (χ2v) is 6.45. The number of piperidine rings is 1. The summed E-state index contributed by atoms with van der Waals surface area (Å²) in [6.45, 7) is 2.84. The van der Waals surface area contributed by atoms with Crippen LogP contribution >= 0.6 is 0 Å². The number of rotatable bonds is 3. The lowest BCUT2D eigenvalue weighted by molar-refractivity contribution is -0.188. The van der Waals surface area contributed by atoms with Crippen LogP contribution in [0.5, 0.6) is 0 Å². The minimum Gasteiger partial charge on any atom is -0.481 e. The lowest BCUT2D eigenvalue weighted by Crippen LogP contribution is -2.51. The molecule has 1 aliphatic carbocycles. The van der Waals surface area contributed by atoms with Crippen molar-refractivity contribution in [1.29, 1.82) is 0 Å². The predicted octanol–water partition coefficient (Wildman–Crippen LogP) is 3.54. The summed E-state index contributed by atoms with van der Waals surface area (Å²) in [5, 5.41) is 9.37. The Kier molecular flexibility index (Phi) is 5.17. The van der Waals surface area contributed by atoms with Crippen LogP contribution in [0.3, 0.4) is 0 Å². The van der Waals surface area contributed by atoms with Crippen molar-refractivity contribution in [1.82, 2.24) is 4.90 Å². The quantitative estimate of drug-likeness (QED) is 0.867. The van der Waals surface area contributed by atoms with Crippen molar-refractivity contribution in [2.75, 3.05) is 13.1 Å². The van der Waals surface area contributed by atoms with Crippen LogP contribution in [-0.4, -0.2) is 41.3 Å². The topological polar surface area (TPSA) is 40.5 Å². The Morgan fingerprint density at radius 1 is 1.19 bits per heavy atom. The van der Waals surface area contributed by atoms with E-state index in [0.717, 1.165) is 19.3 Å². The molecule has 0 spiro atoms. The first-order chi connectivity index (χ1) is 9.82. The average molecular weight is 307 g/mol. The van der Waals surface area contributed by atoms with Crippen LogP contribution in [0.1, 0.15) is 45.4 Å². The van der Waals surface area contributed by atoms with E-state index in [9.17, 15) is 23.1 Å². The molecule has 0 aromatic carbocycles. The van der Waals surface area contributed by atoms with Gasteiger partial charge in [-0.1, -0.05) is 13.3 Å². The van der Waals surface area contributed by atoms with E-state index in [1.165, 1.54) is 0 Å². The van der Waals surface area contributed by atoms with Crippen LogP contribution in [0.15, 0.2) is 0 Å². The Labute approximate surface area is 123 Å². The molecule has 1 heterocycles. The summed E-state index contributed by atoms with van der Waals surface area (Å²) in [6, 6.07) is -0.0876. The maximum absolute atomic E-state index is 12.7. The highest BCUT2D eigenvalue weighted by Gasteiger charge is 2.44. The van der Waals surface area contributed by atoms with Gasteiger partial charge in [-0.05, 0) is 51.1 Å². The molecule has 2 rings (SSSR count). The molecule has 2 fully saturated rings. The van der Waals surface area contributed by atoms with Crippen LogP contribution in [0, 0.1) is 17.8 Å². The Balaban J connectivity index is 2.00. The fraction of sp³-hybridized carbons (Fsp3) is 0.933. The molecule has 0 aromatic rings. The van der Waals surface area contributed by atoms with Gasteiger partial charge in [0.15, 0.2) is 0 Å². The van der Waals surface area contributed by atoms with Gasteiger partial charge in [0.05, 0.1) is 11.8 Å². The van der Waals surface area contributed by atoms with E-state index in [2.05, 4.69) is 6.92 Å². The Morgan fingerprint density at radius 2 is 1.81 bits per heavy atom. The highest BCUT2D eigenvalue weighted by atomic mass is 19.4. The molecule has 0 bridgehead atoms. The lowest BCUT2D eigenvalue weighted by Gasteiger charge is -2.44. The van der Waals surface area contributed by atoms with Gasteiger partial charge < -0.3 is 5.11 Å². The second-order valence-electron chi connectivity index (χ2n) is 6.45. The molecular weight excluding hydrogens is 283 g/mol.